The van der Waals surface area contributed by atoms with E-state index in [1.807, 2.05) is 0 Å². The van der Waals surface area contributed by atoms with Crippen LogP contribution in [-0.2, 0) is 15.1 Å². The van der Waals surface area contributed by atoms with Gasteiger partial charge >= 0.3 is 6.03 Å². The quantitative estimate of drug-likeness (QED) is 0.753. The van der Waals surface area contributed by atoms with Crippen LogP contribution >= 0.6 is 0 Å². The molecule has 0 aromatic heterocycles. The van der Waals surface area contributed by atoms with Gasteiger partial charge in [-0.05, 0) is 37.0 Å². The normalized spacial score (nSPS) is 19.7. The van der Waals surface area contributed by atoms with Gasteiger partial charge in [0, 0.05) is 14.1 Å². The van der Waals surface area contributed by atoms with Gasteiger partial charge in [-0.25, -0.2) is 4.79 Å². The molecule has 0 aliphatic carbocycles. The van der Waals surface area contributed by atoms with Crippen molar-refractivity contribution in [3.8, 4) is 5.75 Å². The highest BCUT2D eigenvalue weighted by atomic mass is 16.5. The number of carbonyl (C=O) groups excluding carboxylic acids is 3. The maximum atomic E-state index is 12.8. The van der Waals surface area contributed by atoms with Gasteiger partial charge in [-0.15, -0.1) is 0 Å². The van der Waals surface area contributed by atoms with Crippen molar-refractivity contribution in [1.82, 2.24) is 15.1 Å². The van der Waals surface area contributed by atoms with Gasteiger partial charge in [0.1, 0.15) is 17.8 Å². The number of hydrogen-bond acceptors (Lipinski definition) is 4. The van der Waals surface area contributed by atoms with Crippen LogP contribution in [0.3, 0.4) is 0 Å². The lowest BCUT2D eigenvalue weighted by Gasteiger charge is -2.23. The second-order valence-corrected chi connectivity index (χ2v) is 7.29. The SMILES string of the molecule is CC(C)CCOc1ccc(C2(C)NC(=O)N(CC(=O)N(C)C)C2=O)cc1. The number of nitrogens with one attached hydrogen (secondary N) is 1. The molecule has 7 nitrogen and oxygen atoms in total. The molecule has 26 heavy (non-hydrogen) atoms. The average Bonchev–Trinajstić information content (AvgIpc) is 2.79. The Balaban J connectivity index is 2.11. The van der Waals surface area contributed by atoms with Gasteiger partial charge in [0.25, 0.3) is 5.91 Å². The van der Waals surface area contributed by atoms with E-state index in [1.54, 1.807) is 45.3 Å². The number of urea groups is 1. The monoisotopic (exact) mass is 361 g/mol. The minimum atomic E-state index is -1.19. The standard InChI is InChI=1S/C19H27N3O4/c1-13(2)10-11-26-15-8-6-14(7-9-15)19(3)17(24)22(18(25)20-19)12-16(23)21(4)5/h6-9,13H,10-12H2,1-5H3,(H,20,25). The van der Waals surface area contributed by atoms with Gasteiger partial charge in [0.2, 0.25) is 5.91 Å². The summed E-state index contributed by atoms with van der Waals surface area (Å²) in [6, 6.07) is 6.53. The lowest BCUT2D eigenvalue weighted by molar-refractivity contribution is -0.137. The number of likely N-dealkylation sites (N-methyl/N-ethyl adjacent to an activating group) is 1. The number of benzene rings is 1. The second kappa shape index (κ2) is 7.76. The van der Waals surface area contributed by atoms with Crippen LogP contribution in [0, 0.1) is 5.92 Å². The molecule has 1 aliphatic heterocycles. The van der Waals surface area contributed by atoms with E-state index in [-0.39, 0.29) is 12.5 Å². The molecule has 0 bridgehead atoms. The summed E-state index contributed by atoms with van der Waals surface area (Å²) in [7, 11) is 3.16. The summed E-state index contributed by atoms with van der Waals surface area (Å²) in [6.45, 7) is 6.26. The molecular formula is C19H27N3O4. The Morgan fingerprint density at radius 3 is 2.38 bits per heavy atom. The van der Waals surface area contributed by atoms with E-state index in [0.717, 1.165) is 17.1 Å². The van der Waals surface area contributed by atoms with Crippen molar-refractivity contribution in [3.05, 3.63) is 29.8 Å². The Kier molecular flexibility index (Phi) is 5.90. The average molecular weight is 361 g/mol. The van der Waals surface area contributed by atoms with E-state index in [4.69, 9.17) is 4.74 Å². The minimum Gasteiger partial charge on any atom is -0.494 e. The molecule has 0 radical (unpaired) electrons. The van der Waals surface area contributed by atoms with Crippen LogP contribution in [0.1, 0.15) is 32.8 Å². The largest absolute Gasteiger partial charge is 0.494 e. The zero-order chi connectivity index (χ0) is 19.5. The molecule has 0 saturated carbocycles. The zero-order valence-corrected chi connectivity index (χ0v) is 16.0. The van der Waals surface area contributed by atoms with Crippen LogP contribution in [0.15, 0.2) is 24.3 Å². The first-order valence-corrected chi connectivity index (χ1v) is 8.72. The summed E-state index contributed by atoms with van der Waals surface area (Å²) < 4.78 is 5.68. The number of nitrogens with zero attached hydrogens (tertiary/aromatic N) is 2. The predicted molar refractivity (Wildman–Crippen MR) is 97.7 cm³/mol. The number of amides is 4. The van der Waals surface area contributed by atoms with Gasteiger partial charge in [0.15, 0.2) is 0 Å². The lowest BCUT2D eigenvalue weighted by atomic mass is 9.92. The fourth-order valence-corrected chi connectivity index (χ4v) is 2.61. The molecular weight excluding hydrogens is 334 g/mol. The van der Waals surface area contributed by atoms with E-state index in [1.165, 1.54) is 4.90 Å². The summed E-state index contributed by atoms with van der Waals surface area (Å²) in [5.41, 5.74) is -0.549. The maximum Gasteiger partial charge on any atom is 0.325 e. The van der Waals surface area contributed by atoms with Crippen molar-refractivity contribution >= 4 is 17.8 Å². The van der Waals surface area contributed by atoms with Crippen LogP contribution in [0.5, 0.6) is 5.75 Å². The summed E-state index contributed by atoms with van der Waals surface area (Å²) in [5, 5.41) is 2.69. The van der Waals surface area contributed by atoms with E-state index in [2.05, 4.69) is 19.2 Å². The van der Waals surface area contributed by atoms with Crippen LogP contribution < -0.4 is 10.1 Å². The highest BCUT2D eigenvalue weighted by Crippen LogP contribution is 2.30. The van der Waals surface area contributed by atoms with E-state index in [0.29, 0.717) is 18.1 Å². The van der Waals surface area contributed by atoms with Crippen molar-refractivity contribution in [1.29, 1.82) is 0 Å². The molecule has 2 rings (SSSR count). The topological polar surface area (TPSA) is 79.0 Å². The maximum absolute atomic E-state index is 12.8. The molecule has 7 heteroatoms. The zero-order valence-electron chi connectivity index (χ0n) is 16.0. The first-order valence-electron chi connectivity index (χ1n) is 8.72. The van der Waals surface area contributed by atoms with E-state index < -0.39 is 17.5 Å². The first kappa shape index (κ1) is 19.8. The second-order valence-electron chi connectivity index (χ2n) is 7.29. The van der Waals surface area contributed by atoms with Crippen molar-refractivity contribution in [2.75, 3.05) is 27.2 Å². The Hall–Kier alpha value is -2.57. The van der Waals surface area contributed by atoms with Crippen molar-refractivity contribution < 1.29 is 19.1 Å². The van der Waals surface area contributed by atoms with Gasteiger partial charge in [-0.2, -0.15) is 0 Å². The van der Waals surface area contributed by atoms with Crippen molar-refractivity contribution in [2.24, 2.45) is 5.92 Å². The van der Waals surface area contributed by atoms with Gasteiger partial charge < -0.3 is 15.0 Å². The third-order valence-corrected chi connectivity index (χ3v) is 4.46. The van der Waals surface area contributed by atoms with Crippen LogP contribution in [0.4, 0.5) is 4.79 Å². The predicted octanol–water partition coefficient (Wildman–Crippen LogP) is 1.97. The molecule has 142 valence electrons. The molecule has 1 unspecified atom stereocenters. The molecule has 0 spiro atoms. The Bertz CT molecular complexity index is 685. The molecule has 1 aromatic carbocycles. The number of hydrogen-bond donors (Lipinski definition) is 1. The Morgan fingerprint density at radius 2 is 1.85 bits per heavy atom. The van der Waals surface area contributed by atoms with E-state index >= 15 is 0 Å². The van der Waals surface area contributed by atoms with Crippen LogP contribution in [0.25, 0.3) is 0 Å². The molecule has 1 saturated heterocycles. The molecule has 1 aliphatic rings. The van der Waals surface area contributed by atoms with E-state index in [9.17, 15) is 14.4 Å². The highest BCUT2D eigenvalue weighted by molar-refractivity contribution is 6.09. The fourth-order valence-electron chi connectivity index (χ4n) is 2.61. The molecule has 4 amide bonds. The Labute approximate surface area is 154 Å². The Morgan fingerprint density at radius 1 is 1.23 bits per heavy atom. The number of ether oxygens (including phenoxy) is 1. The number of imide groups is 1. The number of rotatable bonds is 7. The van der Waals surface area contributed by atoms with Gasteiger partial charge in [0.05, 0.1) is 6.61 Å². The van der Waals surface area contributed by atoms with Gasteiger partial charge in [-0.1, -0.05) is 26.0 Å². The summed E-state index contributed by atoms with van der Waals surface area (Å²) in [6.07, 6.45) is 0.961. The van der Waals surface area contributed by atoms with Crippen LogP contribution in [0.2, 0.25) is 0 Å². The third-order valence-electron chi connectivity index (χ3n) is 4.46. The fraction of sp³-hybridized carbons (Fsp3) is 0.526. The van der Waals surface area contributed by atoms with Gasteiger partial charge in [-0.3, -0.25) is 14.5 Å². The highest BCUT2D eigenvalue weighted by Gasteiger charge is 2.49. The number of carbonyl (C=O) groups is 3. The lowest BCUT2D eigenvalue weighted by Crippen LogP contribution is -2.43. The minimum absolute atomic E-state index is 0.274. The van der Waals surface area contributed by atoms with Crippen LogP contribution in [-0.4, -0.2) is 54.9 Å². The third kappa shape index (κ3) is 4.15. The molecule has 1 N–H and O–H groups in total. The molecule has 1 heterocycles. The van der Waals surface area contributed by atoms with Crippen molar-refractivity contribution in [2.45, 2.75) is 32.7 Å². The van der Waals surface area contributed by atoms with Crippen molar-refractivity contribution in [3.63, 3.8) is 0 Å². The summed E-state index contributed by atoms with van der Waals surface area (Å²) in [5.74, 6) is 0.530. The smallest absolute Gasteiger partial charge is 0.325 e. The summed E-state index contributed by atoms with van der Waals surface area (Å²) in [4.78, 5) is 39.1. The molecule has 1 aromatic rings. The first-order chi connectivity index (χ1) is 12.1. The molecule has 1 fully saturated rings. The summed E-state index contributed by atoms with van der Waals surface area (Å²) >= 11 is 0. The molecule has 1 atom stereocenters.